The zero-order valence-corrected chi connectivity index (χ0v) is 27.9. The lowest BCUT2D eigenvalue weighted by Gasteiger charge is -2.28. The van der Waals surface area contributed by atoms with Crippen LogP contribution in [0.2, 0.25) is 0 Å². The fourth-order valence-electron chi connectivity index (χ4n) is 4.48. The molecule has 2 unspecified atom stereocenters. The summed E-state index contributed by atoms with van der Waals surface area (Å²) >= 11 is 3.36. The number of carbonyl (C=O) groups excluding carboxylic acids is 2. The summed E-state index contributed by atoms with van der Waals surface area (Å²) in [6.07, 6.45) is 0.635. The molecule has 0 aliphatic carbocycles. The van der Waals surface area contributed by atoms with Crippen LogP contribution in [0.5, 0.6) is 0 Å². The second kappa shape index (κ2) is 23.6. The van der Waals surface area contributed by atoms with Crippen LogP contribution in [0.25, 0.3) is 0 Å². The number of alkyl halides is 1. The number of hydrogen-bond acceptors (Lipinski definition) is 4. The van der Waals surface area contributed by atoms with Crippen LogP contribution in [0.15, 0.2) is 109 Å². The molecule has 0 aliphatic rings. The number of hydrogen-bond donors (Lipinski definition) is 0. The molecule has 4 rings (SSSR count). The van der Waals surface area contributed by atoms with Crippen LogP contribution in [0.4, 0.5) is 0 Å². The maximum atomic E-state index is 12.6. The van der Waals surface area contributed by atoms with E-state index in [4.69, 9.17) is 9.47 Å². The van der Waals surface area contributed by atoms with E-state index < -0.39 is 5.41 Å². The van der Waals surface area contributed by atoms with Gasteiger partial charge in [0, 0.05) is 5.33 Å². The van der Waals surface area contributed by atoms with Gasteiger partial charge >= 0.3 is 11.9 Å². The Bertz CT molecular complexity index is 1390. The molecule has 0 saturated carbocycles. The first-order valence-electron chi connectivity index (χ1n) is 14.8. The van der Waals surface area contributed by atoms with Crippen LogP contribution in [-0.2, 0) is 36.2 Å². The van der Waals surface area contributed by atoms with Crippen molar-refractivity contribution in [2.75, 3.05) is 13.2 Å². The first kappa shape index (κ1) is 44.4. The summed E-state index contributed by atoms with van der Waals surface area (Å²) in [5.74, 6) is -0.493. The lowest BCUT2D eigenvalue weighted by molar-refractivity contribution is -0.149. The molecule has 0 fully saturated rings. The van der Waals surface area contributed by atoms with Crippen molar-refractivity contribution in [3.63, 3.8) is 0 Å². The highest BCUT2D eigenvalue weighted by Crippen LogP contribution is 2.30. The van der Waals surface area contributed by atoms with Gasteiger partial charge in [-0.25, -0.2) is 0 Å². The number of aryl methyl sites for hydroxylation is 2. The number of carbonyl (C=O) groups is 2. The zero-order valence-electron chi connectivity index (χ0n) is 26.3. The average Bonchev–Trinajstić information content (AvgIpc) is 3.02. The van der Waals surface area contributed by atoms with E-state index in [0.29, 0.717) is 19.6 Å². The maximum Gasteiger partial charge on any atom is 0.316 e. The molecule has 0 spiro atoms. The number of ether oxygens (including phenoxy) is 2. The topological polar surface area (TPSA) is 52.6 Å². The van der Waals surface area contributed by atoms with E-state index in [2.05, 4.69) is 34.1 Å². The third-order valence-corrected chi connectivity index (χ3v) is 7.61. The van der Waals surface area contributed by atoms with Crippen LogP contribution < -0.4 is 0 Å². The molecule has 252 valence electrons. The molecule has 0 radical (unpaired) electrons. The molecule has 0 saturated heterocycles. The summed E-state index contributed by atoms with van der Waals surface area (Å²) < 4.78 is 10.3. The van der Waals surface area contributed by atoms with E-state index in [0.717, 1.165) is 27.6 Å². The summed E-state index contributed by atoms with van der Waals surface area (Å²) in [5, 5.41) is 0.952. The van der Waals surface area contributed by atoms with Crippen LogP contribution in [0.1, 0.15) is 89.3 Å². The van der Waals surface area contributed by atoms with Gasteiger partial charge in [-0.15, -0.1) is 0 Å². The highest BCUT2D eigenvalue weighted by molar-refractivity contribution is 9.08. The van der Waals surface area contributed by atoms with Gasteiger partial charge in [0.05, 0.1) is 24.5 Å². The summed E-state index contributed by atoms with van der Waals surface area (Å²) in [5.41, 5.74) is 6.13. The van der Waals surface area contributed by atoms with Crippen molar-refractivity contribution in [1.82, 2.24) is 0 Å². The molecule has 0 heterocycles. The molecular weight excluding hydrogens is 636 g/mol. The predicted octanol–water partition coefficient (Wildman–Crippen LogP) is 11.2. The molecular formula is C41H57BrO4. The fraction of sp³-hybridized carbons (Fsp3) is 0.366. The van der Waals surface area contributed by atoms with Gasteiger partial charge in [-0.3, -0.25) is 9.59 Å². The molecule has 4 aromatic carbocycles. The Balaban J connectivity index is 0. The van der Waals surface area contributed by atoms with Gasteiger partial charge in [0.2, 0.25) is 0 Å². The minimum Gasteiger partial charge on any atom is -0.466 e. The summed E-state index contributed by atoms with van der Waals surface area (Å²) in [6.45, 7) is 12.4. The lowest BCUT2D eigenvalue weighted by Crippen LogP contribution is -2.36. The summed E-state index contributed by atoms with van der Waals surface area (Å²) in [7, 11) is 0. The van der Waals surface area contributed by atoms with Gasteiger partial charge < -0.3 is 9.47 Å². The number of esters is 2. The van der Waals surface area contributed by atoms with E-state index in [9.17, 15) is 9.59 Å². The molecule has 46 heavy (non-hydrogen) atoms. The third-order valence-electron chi connectivity index (χ3n) is 6.96. The number of benzene rings is 4. The normalized spacial score (nSPS) is 11.5. The van der Waals surface area contributed by atoms with Crippen molar-refractivity contribution in [2.24, 2.45) is 0 Å². The van der Waals surface area contributed by atoms with Gasteiger partial charge in [0.1, 0.15) is 0 Å². The van der Waals surface area contributed by atoms with Gasteiger partial charge in [0.15, 0.2) is 0 Å². The van der Waals surface area contributed by atoms with Crippen molar-refractivity contribution in [2.45, 2.75) is 86.9 Å². The van der Waals surface area contributed by atoms with Crippen LogP contribution >= 0.6 is 15.9 Å². The van der Waals surface area contributed by atoms with Crippen LogP contribution in [-0.4, -0.2) is 25.2 Å². The number of halogens is 1. The molecule has 5 heteroatoms. The molecule has 0 aliphatic heterocycles. The van der Waals surface area contributed by atoms with Crippen molar-refractivity contribution < 1.29 is 19.1 Å². The number of rotatable bonds is 9. The summed E-state index contributed by atoms with van der Waals surface area (Å²) in [4.78, 5) is 24.0. The molecule has 0 aromatic heterocycles. The minimum absolute atomic E-state index is 0. The molecule has 0 N–H and O–H groups in total. The Morgan fingerprint density at radius 2 is 1.20 bits per heavy atom. The first-order valence-corrected chi connectivity index (χ1v) is 15.9. The Kier molecular flexibility index (Phi) is 22.8. The first-order chi connectivity index (χ1) is 20.6. The lowest BCUT2D eigenvalue weighted by atomic mass is 9.77. The molecule has 2 atom stereocenters. The monoisotopic (exact) mass is 692 g/mol. The van der Waals surface area contributed by atoms with E-state index in [1.54, 1.807) is 0 Å². The maximum absolute atomic E-state index is 12.6. The molecule has 0 bridgehead atoms. The van der Waals surface area contributed by atoms with Crippen molar-refractivity contribution in [3.05, 3.63) is 143 Å². The predicted molar refractivity (Wildman–Crippen MR) is 201 cm³/mol. The average molecular weight is 694 g/mol. The Morgan fingerprint density at radius 3 is 1.65 bits per heavy atom. The van der Waals surface area contributed by atoms with Crippen molar-refractivity contribution >= 4 is 27.9 Å². The van der Waals surface area contributed by atoms with Crippen molar-refractivity contribution in [1.29, 1.82) is 0 Å². The van der Waals surface area contributed by atoms with Gasteiger partial charge in [-0.2, -0.15) is 0 Å². The smallest absolute Gasteiger partial charge is 0.316 e. The van der Waals surface area contributed by atoms with E-state index >= 15 is 0 Å². The minimum atomic E-state index is -0.663. The largest absolute Gasteiger partial charge is 0.466 e. The second-order valence-electron chi connectivity index (χ2n) is 10.6. The second-order valence-corrected chi connectivity index (χ2v) is 11.2. The van der Waals surface area contributed by atoms with E-state index in [-0.39, 0.29) is 40.1 Å². The van der Waals surface area contributed by atoms with Crippen molar-refractivity contribution in [3.8, 4) is 0 Å². The van der Waals surface area contributed by atoms with Gasteiger partial charge in [-0.1, -0.05) is 159 Å². The quantitative estimate of drug-likeness (QED) is 0.129. The SMILES string of the molecule is BrCc1ccccc1.C.C.C.CCOC(=O)C(C)(Cc1ccccc1)c1cccc(C)c1.CCOC(=O)C(C)c1cccc(C)c1. The zero-order chi connectivity index (χ0) is 31.7. The van der Waals surface area contributed by atoms with Gasteiger partial charge in [-0.05, 0) is 70.2 Å². The Hall–Kier alpha value is -3.70. The third kappa shape index (κ3) is 14.6. The van der Waals surface area contributed by atoms with Crippen LogP contribution in [0, 0.1) is 13.8 Å². The van der Waals surface area contributed by atoms with E-state index in [1.165, 1.54) is 11.1 Å². The highest BCUT2D eigenvalue weighted by atomic mass is 79.9. The molecule has 0 amide bonds. The molecule has 4 nitrogen and oxygen atoms in total. The summed E-state index contributed by atoms with van der Waals surface area (Å²) in [6, 6.07) is 36.4. The van der Waals surface area contributed by atoms with Gasteiger partial charge in [0.25, 0.3) is 0 Å². The van der Waals surface area contributed by atoms with Crippen LogP contribution in [0.3, 0.4) is 0 Å². The Morgan fingerprint density at radius 1 is 0.696 bits per heavy atom. The highest BCUT2D eigenvalue weighted by Gasteiger charge is 2.37. The fourth-order valence-corrected chi connectivity index (χ4v) is 4.86. The molecule has 4 aromatic rings. The van der Waals surface area contributed by atoms with E-state index in [1.807, 2.05) is 133 Å². The standard InChI is InChI=1S/C19H22O2.C12H16O2.C7H7Br.3CH4/c1-4-21-18(20)19(3,14-16-10-6-5-7-11-16)17-12-8-9-15(2)13-17;1-4-14-12(13)10(3)11-7-5-6-9(2)8-11;8-6-7-4-2-1-3-5-7;;;/h5-13H,4,14H2,1-3H3;5-8,10H,4H2,1-3H3;1-5H,6H2;3*1H4. The Labute approximate surface area is 288 Å².